The zero-order valence-electron chi connectivity index (χ0n) is 18.7. The molecular weight excluding hydrogens is 316 g/mol. The molecule has 0 atom stereocenters. The van der Waals surface area contributed by atoms with Crippen molar-refractivity contribution >= 4 is 0 Å². The summed E-state index contributed by atoms with van der Waals surface area (Å²) >= 11 is 0. The standard InChI is InChI=1S/C12H19N.C10H15N.C2H6/c1-8(2)11-6-10(5)12(9(3)4)13-7-11;1-4-9-5-6-11-10(7-9)8(2)3;1-2/h6-9H,1-5H3;5-8H,4H2,1-3H3;1-2H3. The largest absolute Gasteiger partial charge is 0.261 e. The van der Waals surface area contributed by atoms with Crippen molar-refractivity contribution in [2.24, 2.45) is 0 Å². The second-order valence-corrected chi connectivity index (χ2v) is 7.38. The summed E-state index contributed by atoms with van der Waals surface area (Å²) in [7, 11) is 0. The van der Waals surface area contributed by atoms with Gasteiger partial charge < -0.3 is 0 Å². The van der Waals surface area contributed by atoms with Gasteiger partial charge >= 0.3 is 0 Å². The lowest BCUT2D eigenvalue weighted by Crippen LogP contribution is -1.99. The van der Waals surface area contributed by atoms with Crippen molar-refractivity contribution in [2.45, 2.75) is 93.4 Å². The molecule has 26 heavy (non-hydrogen) atoms. The average molecular weight is 357 g/mol. The zero-order valence-corrected chi connectivity index (χ0v) is 18.7. The van der Waals surface area contributed by atoms with E-state index in [9.17, 15) is 0 Å². The van der Waals surface area contributed by atoms with Gasteiger partial charge in [-0.25, -0.2) is 0 Å². The van der Waals surface area contributed by atoms with Gasteiger partial charge in [0.05, 0.1) is 0 Å². The third-order valence-electron chi connectivity index (χ3n) is 4.20. The van der Waals surface area contributed by atoms with Crippen molar-refractivity contribution in [1.29, 1.82) is 0 Å². The molecular formula is C24H40N2. The Morgan fingerprint density at radius 3 is 1.88 bits per heavy atom. The van der Waals surface area contributed by atoms with E-state index in [1.54, 1.807) is 0 Å². The van der Waals surface area contributed by atoms with Crippen LogP contribution in [0.4, 0.5) is 0 Å². The number of aromatic nitrogens is 2. The lowest BCUT2D eigenvalue weighted by Gasteiger charge is -2.11. The lowest BCUT2D eigenvalue weighted by atomic mass is 9.99. The molecule has 2 heterocycles. The van der Waals surface area contributed by atoms with Crippen molar-refractivity contribution in [3.8, 4) is 0 Å². The molecule has 0 saturated carbocycles. The second kappa shape index (κ2) is 12.6. The molecule has 2 heteroatoms. The molecule has 2 nitrogen and oxygen atoms in total. The van der Waals surface area contributed by atoms with Gasteiger partial charge in [-0.05, 0) is 59.9 Å². The number of nitrogens with zero attached hydrogens (tertiary/aromatic N) is 2. The topological polar surface area (TPSA) is 25.8 Å². The highest BCUT2D eigenvalue weighted by Gasteiger charge is 2.07. The first-order valence-corrected chi connectivity index (χ1v) is 10.2. The molecule has 0 amide bonds. The number of hydrogen-bond donors (Lipinski definition) is 0. The van der Waals surface area contributed by atoms with Crippen LogP contribution in [0.25, 0.3) is 0 Å². The highest BCUT2D eigenvalue weighted by atomic mass is 14.7. The van der Waals surface area contributed by atoms with Crippen LogP contribution >= 0.6 is 0 Å². The van der Waals surface area contributed by atoms with Crippen LogP contribution in [0, 0.1) is 6.92 Å². The molecule has 0 fully saturated rings. The Hall–Kier alpha value is -1.70. The molecule has 0 aliphatic carbocycles. The highest BCUT2D eigenvalue weighted by molar-refractivity contribution is 5.27. The smallest absolute Gasteiger partial charge is 0.0458 e. The Balaban J connectivity index is 0.000000444. The normalized spacial score (nSPS) is 10.3. The first-order chi connectivity index (χ1) is 12.3. The SMILES string of the molecule is CC.CCc1ccnc(C(C)C)c1.Cc1cc(C(C)C)cnc1C(C)C. The Morgan fingerprint density at radius 1 is 0.846 bits per heavy atom. The van der Waals surface area contributed by atoms with E-state index in [2.05, 4.69) is 83.6 Å². The molecule has 0 spiro atoms. The number of pyridine rings is 2. The summed E-state index contributed by atoms with van der Waals surface area (Å²) in [6.07, 6.45) is 5.00. The van der Waals surface area contributed by atoms with E-state index >= 15 is 0 Å². The van der Waals surface area contributed by atoms with Crippen LogP contribution < -0.4 is 0 Å². The zero-order chi connectivity index (χ0) is 20.3. The summed E-state index contributed by atoms with van der Waals surface area (Å²) < 4.78 is 0. The predicted molar refractivity (Wildman–Crippen MR) is 116 cm³/mol. The average Bonchev–Trinajstić information content (AvgIpc) is 2.63. The fourth-order valence-corrected chi connectivity index (χ4v) is 2.56. The summed E-state index contributed by atoms with van der Waals surface area (Å²) in [5.41, 5.74) is 6.46. The third kappa shape index (κ3) is 8.12. The Bertz CT molecular complexity index is 628. The van der Waals surface area contributed by atoms with E-state index < -0.39 is 0 Å². The minimum Gasteiger partial charge on any atom is -0.261 e. The van der Waals surface area contributed by atoms with Crippen molar-refractivity contribution < 1.29 is 0 Å². The fourth-order valence-electron chi connectivity index (χ4n) is 2.56. The summed E-state index contributed by atoms with van der Waals surface area (Å²) in [6.45, 7) is 21.4. The summed E-state index contributed by atoms with van der Waals surface area (Å²) in [5.74, 6) is 1.65. The van der Waals surface area contributed by atoms with E-state index in [0.29, 0.717) is 17.8 Å². The van der Waals surface area contributed by atoms with Crippen molar-refractivity contribution in [3.05, 3.63) is 58.7 Å². The molecule has 0 saturated heterocycles. The molecule has 0 bridgehead atoms. The second-order valence-electron chi connectivity index (χ2n) is 7.38. The minimum absolute atomic E-state index is 0.529. The fraction of sp³-hybridized carbons (Fsp3) is 0.583. The molecule has 0 unspecified atom stereocenters. The molecule has 0 aliphatic rings. The predicted octanol–water partition coefficient (Wildman–Crippen LogP) is 7.43. The van der Waals surface area contributed by atoms with Crippen LogP contribution in [-0.2, 0) is 6.42 Å². The van der Waals surface area contributed by atoms with Gasteiger partial charge in [0, 0.05) is 23.8 Å². The van der Waals surface area contributed by atoms with Gasteiger partial charge in [-0.3, -0.25) is 9.97 Å². The third-order valence-corrected chi connectivity index (χ3v) is 4.20. The maximum absolute atomic E-state index is 4.50. The molecule has 0 aromatic carbocycles. The van der Waals surface area contributed by atoms with Crippen LogP contribution in [-0.4, -0.2) is 9.97 Å². The number of rotatable bonds is 4. The minimum atomic E-state index is 0.529. The first kappa shape index (κ1) is 24.3. The van der Waals surface area contributed by atoms with E-state index in [4.69, 9.17) is 0 Å². The van der Waals surface area contributed by atoms with Crippen molar-refractivity contribution in [1.82, 2.24) is 9.97 Å². The van der Waals surface area contributed by atoms with Gasteiger partial charge in [0.15, 0.2) is 0 Å². The van der Waals surface area contributed by atoms with Crippen LogP contribution in [0.1, 0.15) is 108 Å². The lowest BCUT2D eigenvalue weighted by molar-refractivity contribution is 0.791. The van der Waals surface area contributed by atoms with Gasteiger partial charge in [-0.1, -0.05) is 68.4 Å². The Labute approximate surface area is 162 Å². The quantitative estimate of drug-likeness (QED) is 0.569. The van der Waals surface area contributed by atoms with Crippen LogP contribution in [0.5, 0.6) is 0 Å². The molecule has 2 aromatic heterocycles. The van der Waals surface area contributed by atoms with Crippen LogP contribution in [0.3, 0.4) is 0 Å². The molecule has 0 N–H and O–H groups in total. The Kier molecular flexibility index (Phi) is 11.8. The van der Waals surface area contributed by atoms with E-state index in [0.717, 1.165) is 6.42 Å². The Morgan fingerprint density at radius 2 is 1.46 bits per heavy atom. The molecule has 2 aromatic rings. The summed E-state index contributed by atoms with van der Waals surface area (Å²) in [6, 6.07) is 6.52. The van der Waals surface area contributed by atoms with Crippen LogP contribution in [0.2, 0.25) is 0 Å². The number of hydrogen-bond acceptors (Lipinski definition) is 2. The molecule has 2 rings (SSSR count). The first-order valence-electron chi connectivity index (χ1n) is 10.2. The highest BCUT2D eigenvalue weighted by Crippen LogP contribution is 2.20. The molecule has 0 aliphatic heterocycles. The van der Waals surface area contributed by atoms with Gasteiger partial charge in [0.1, 0.15) is 0 Å². The van der Waals surface area contributed by atoms with Crippen molar-refractivity contribution in [3.63, 3.8) is 0 Å². The van der Waals surface area contributed by atoms with Gasteiger partial charge in [0.25, 0.3) is 0 Å². The maximum Gasteiger partial charge on any atom is 0.0458 e. The number of aryl methyl sites for hydroxylation is 2. The maximum atomic E-state index is 4.50. The molecule has 146 valence electrons. The van der Waals surface area contributed by atoms with E-state index in [1.807, 2.05) is 26.2 Å². The monoisotopic (exact) mass is 356 g/mol. The summed E-state index contributed by atoms with van der Waals surface area (Å²) in [4.78, 5) is 8.79. The van der Waals surface area contributed by atoms with Gasteiger partial charge in [-0.2, -0.15) is 0 Å². The molecule has 0 radical (unpaired) electrons. The van der Waals surface area contributed by atoms with Gasteiger partial charge in [-0.15, -0.1) is 0 Å². The van der Waals surface area contributed by atoms with E-state index in [1.165, 1.54) is 28.1 Å². The van der Waals surface area contributed by atoms with Gasteiger partial charge in [0.2, 0.25) is 0 Å². The van der Waals surface area contributed by atoms with Crippen molar-refractivity contribution in [2.75, 3.05) is 0 Å². The summed E-state index contributed by atoms with van der Waals surface area (Å²) in [5, 5.41) is 0. The van der Waals surface area contributed by atoms with E-state index in [-0.39, 0.29) is 0 Å². The van der Waals surface area contributed by atoms with Crippen LogP contribution in [0.15, 0.2) is 30.6 Å².